The van der Waals surface area contributed by atoms with Crippen molar-refractivity contribution in [3.05, 3.63) is 42.3 Å². The highest BCUT2D eigenvalue weighted by atomic mass is 32.1. The molecule has 0 spiro atoms. The number of thiazole rings is 1. The molecule has 16 nitrogen and oxygen atoms in total. The average Bonchev–Trinajstić information content (AvgIpc) is 3.82. The van der Waals surface area contributed by atoms with Gasteiger partial charge in [-0.05, 0) is 68.9 Å². The number of hydrogen-bond donors (Lipinski definition) is 5. The largest absolute Gasteiger partial charge is 0.488 e. The minimum Gasteiger partial charge on any atom is -0.488 e. The number of carboxylic acid groups (broad SMARTS) is 2. The lowest BCUT2D eigenvalue weighted by Crippen LogP contribution is -2.59. The van der Waals surface area contributed by atoms with Crippen LogP contribution in [0, 0.1) is 23.2 Å². The normalized spacial score (nSPS) is 26.3. The van der Waals surface area contributed by atoms with Gasteiger partial charge in [0.2, 0.25) is 11.8 Å². The third kappa shape index (κ3) is 8.68. The maximum atomic E-state index is 14.7. The van der Waals surface area contributed by atoms with Crippen LogP contribution in [0.3, 0.4) is 0 Å². The van der Waals surface area contributed by atoms with Crippen LogP contribution in [-0.4, -0.2) is 104 Å². The fourth-order valence-corrected chi connectivity index (χ4v) is 8.94. The predicted octanol–water partition coefficient (Wildman–Crippen LogP) is 5.08. The molecule has 4 fully saturated rings. The van der Waals surface area contributed by atoms with Crippen molar-refractivity contribution < 1.29 is 48.4 Å². The van der Waals surface area contributed by atoms with Gasteiger partial charge < -0.3 is 45.3 Å². The molecule has 4 aliphatic rings. The zero-order valence-electron chi connectivity index (χ0n) is 33.2. The molecule has 58 heavy (non-hydrogen) atoms. The number of hydrogen-bond acceptors (Lipinski definition) is 12. The van der Waals surface area contributed by atoms with Crippen LogP contribution in [0.1, 0.15) is 66.7 Å². The molecule has 3 saturated carbocycles. The van der Waals surface area contributed by atoms with Crippen molar-refractivity contribution in [2.24, 2.45) is 23.2 Å². The monoisotopic (exact) mass is 818 g/mol. The maximum Gasteiger partial charge on any atom is 0.408 e. The van der Waals surface area contributed by atoms with Crippen LogP contribution in [-0.2, 0) is 23.9 Å². The van der Waals surface area contributed by atoms with Crippen molar-refractivity contribution in [1.29, 1.82) is 0 Å². The highest BCUT2D eigenvalue weighted by Gasteiger charge is 2.61. The molecular formula is C41H50N6O10S. The van der Waals surface area contributed by atoms with Gasteiger partial charge in [-0.15, -0.1) is 17.9 Å². The van der Waals surface area contributed by atoms with Gasteiger partial charge in [0.05, 0.1) is 17.8 Å². The molecule has 310 valence electrons. The van der Waals surface area contributed by atoms with Crippen molar-refractivity contribution in [3.63, 3.8) is 0 Å². The van der Waals surface area contributed by atoms with E-state index < -0.39 is 71.5 Å². The van der Waals surface area contributed by atoms with E-state index in [4.69, 9.17) is 24.2 Å². The number of ether oxygens (including phenoxy) is 3. The number of alkyl carbamates (subject to hydrolysis) is 1. The summed E-state index contributed by atoms with van der Waals surface area (Å²) in [5.41, 5.74) is -0.932. The quantitative estimate of drug-likeness (QED) is 0.127. The predicted molar refractivity (Wildman–Crippen MR) is 214 cm³/mol. The van der Waals surface area contributed by atoms with Crippen LogP contribution in [0.2, 0.25) is 0 Å². The van der Waals surface area contributed by atoms with Gasteiger partial charge in [0.25, 0.3) is 0 Å². The van der Waals surface area contributed by atoms with E-state index in [1.807, 2.05) is 19.2 Å². The maximum absolute atomic E-state index is 14.7. The summed E-state index contributed by atoms with van der Waals surface area (Å²) in [7, 11) is 0. The minimum absolute atomic E-state index is 0.00367. The number of anilines is 1. The summed E-state index contributed by atoms with van der Waals surface area (Å²) in [6.07, 6.45) is 2.71. The highest BCUT2D eigenvalue weighted by molar-refractivity contribution is 7.14. The molecule has 1 aromatic carbocycles. The fourth-order valence-electron chi connectivity index (χ4n) is 8.09. The van der Waals surface area contributed by atoms with Gasteiger partial charge in [0.15, 0.2) is 11.7 Å². The summed E-state index contributed by atoms with van der Waals surface area (Å²) >= 11 is 1.40. The number of amides is 3. The van der Waals surface area contributed by atoms with E-state index >= 15 is 0 Å². The topological polar surface area (TPSA) is 219 Å². The molecule has 1 aliphatic heterocycles. The number of carbonyl (C=O) groups is 5. The molecule has 0 radical (unpaired) electrons. The van der Waals surface area contributed by atoms with Crippen molar-refractivity contribution in [1.82, 2.24) is 25.5 Å². The Morgan fingerprint density at radius 3 is 2.41 bits per heavy atom. The lowest BCUT2D eigenvalue weighted by molar-refractivity contribution is -0.146. The van der Waals surface area contributed by atoms with Gasteiger partial charge in [0.1, 0.15) is 47.0 Å². The van der Waals surface area contributed by atoms with Crippen molar-refractivity contribution in [2.75, 3.05) is 18.5 Å². The van der Waals surface area contributed by atoms with E-state index in [0.717, 1.165) is 19.3 Å². The van der Waals surface area contributed by atoms with Crippen LogP contribution in [0.4, 0.5) is 9.93 Å². The van der Waals surface area contributed by atoms with Crippen LogP contribution >= 0.6 is 11.3 Å². The first-order chi connectivity index (χ1) is 27.4. The summed E-state index contributed by atoms with van der Waals surface area (Å²) in [6, 6.07) is 4.48. The first-order valence-electron chi connectivity index (χ1n) is 19.6. The van der Waals surface area contributed by atoms with Crippen LogP contribution in [0.25, 0.3) is 22.3 Å². The van der Waals surface area contributed by atoms with Gasteiger partial charge in [-0.3, -0.25) is 9.59 Å². The Morgan fingerprint density at radius 2 is 1.78 bits per heavy atom. The molecule has 0 unspecified atom stereocenters. The number of aromatic nitrogens is 2. The Labute approximate surface area is 339 Å². The summed E-state index contributed by atoms with van der Waals surface area (Å²) in [5.74, 6) is -2.24. The molecule has 1 saturated heterocycles. The summed E-state index contributed by atoms with van der Waals surface area (Å²) in [4.78, 5) is 76.6. The lowest BCUT2D eigenvalue weighted by atomic mass is 9.85. The first kappa shape index (κ1) is 40.7. The average molecular weight is 819 g/mol. The third-order valence-electron chi connectivity index (χ3n) is 11.3. The Hall–Kier alpha value is -5.45. The lowest BCUT2D eigenvalue weighted by Gasteiger charge is -2.35. The van der Waals surface area contributed by atoms with Crippen molar-refractivity contribution in [2.45, 2.75) is 103 Å². The molecule has 7 rings (SSSR count). The highest BCUT2D eigenvalue weighted by Crippen LogP contribution is 2.52. The number of aliphatic carboxylic acids is 2. The number of carboxylic acids is 2. The number of carbonyl (C=O) groups excluding carboxylic acids is 3. The number of pyridine rings is 1. The van der Waals surface area contributed by atoms with E-state index in [0.29, 0.717) is 45.0 Å². The smallest absolute Gasteiger partial charge is 0.408 e. The van der Waals surface area contributed by atoms with Crippen LogP contribution < -0.4 is 25.4 Å². The molecule has 0 bridgehead atoms. The molecule has 3 aromatic rings. The zero-order chi connectivity index (χ0) is 41.7. The Morgan fingerprint density at radius 1 is 1.03 bits per heavy atom. The molecule has 3 amide bonds. The molecule has 17 heteroatoms. The van der Waals surface area contributed by atoms with Crippen molar-refractivity contribution >= 4 is 57.2 Å². The molecule has 8 atom stereocenters. The van der Waals surface area contributed by atoms with E-state index in [1.54, 1.807) is 45.0 Å². The minimum atomic E-state index is -1.55. The molecule has 2 aromatic heterocycles. The number of benzene rings is 1. The number of rotatable bonds is 15. The number of nitrogens with zero attached hydrogens (tertiary/aromatic N) is 3. The number of nitrogens with one attached hydrogen (secondary N) is 3. The summed E-state index contributed by atoms with van der Waals surface area (Å²) < 4.78 is 17.9. The van der Waals surface area contributed by atoms with E-state index in [2.05, 4.69) is 22.5 Å². The van der Waals surface area contributed by atoms with Crippen molar-refractivity contribution in [3.8, 4) is 22.9 Å². The molecule has 3 aliphatic carbocycles. The van der Waals surface area contributed by atoms with E-state index in [1.165, 1.54) is 22.3 Å². The van der Waals surface area contributed by atoms with Gasteiger partial charge in [0, 0.05) is 41.3 Å². The molecular weight excluding hydrogens is 769 g/mol. The van der Waals surface area contributed by atoms with Gasteiger partial charge in [-0.2, -0.15) is 0 Å². The van der Waals surface area contributed by atoms with Gasteiger partial charge >= 0.3 is 18.0 Å². The first-order valence-corrected chi connectivity index (χ1v) is 20.5. The Balaban J connectivity index is 1.19. The van der Waals surface area contributed by atoms with Gasteiger partial charge in [-0.1, -0.05) is 26.8 Å². The second-order valence-electron chi connectivity index (χ2n) is 17.2. The second-order valence-corrected chi connectivity index (χ2v) is 18.1. The van der Waals surface area contributed by atoms with E-state index in [-0.39, 0.29) is 37.3 Å². The van der Waals surface area contributed by atoms with E-state index in [9.17, 15) is 34.2 Å². The SMILES string of the molecule is C=C[C@@H]1C[C@]1(NC(=O)[C@@H]1C[C@@H](Oc2cc(-c3csc(NC(C)C)n3)nc3cc(OCC(=O)O)ccc23)CN1C(=O)[C@@H](NC(=O)O[C@@H]1C[C@@H]2C[C@@H]2C1)C(C)(C)C)C(=O)O. The second kappa shape index (κ2) is 15.7. The van der Waals surface area contributed by atoms with Gasteiger partial charge in [-0.25, -0.2) is 24.4 Å². The third-order valence-corrected chi connectivity index (χ3v) is 12.1. The number of fused-ring (bicyclic) bond motifs is 2. The molecule has 5 N–H and O–H groups in total. The van der Waals surface area contributed by atoms with Crippen LogP contribution in [0.5, 0.6) is 11.5 Å². The Bertz CT molecular complexity index is 2120. The summed E-state index contributed by atoms with van der Waals surface area (Å²) in [6.45, 7) is 12.5. The number of likely N-dealkylation sites (tertiary alicyclic amines) is 1. The standard InChI is InChI=1S/C41H50N6O10S/c1-7-23-16-41(23,37(52)53)46-35(50)31-14-26(17-47(31)36(51)34(40(4,5)6)45-39(54)57-25-11-21-10-22(21)12-25)56-32-15-29(30-19-58-38(44-30)42-20(2)3)43-28-13-24(8-9-27(28)32)55-18-33(48)49/h7-9,13,15,19-23,25-26,31,34H,1,10-12,14,16-18H2,2-6H3,(H,42,44)(H,45,54)(H,46,50)(H,48,49)(H,52,53)/t21-,22+,23-,25+,26-,31+,34-,41-/m1/s1. The zero-order valence-corrected chi connectivity index (χ0v) is 34.0. The van der Waals surface area contributed by atoms with Crippen LogP contribution in [0.15, 0.2) is 42.3 Å². The molecule has 3 heterocycles. The Kier molecular flexibility index (Phi) is 11.0. The summed E-state index contributed by atoms with van der Waals surface area (Å²) in [5, 5.41) is 31.2. The fraction of sp³-hybridized carbons (Fsp3) is 0.537.